The van der Waals surface area contributed by atoms with Crippen LogP contribution in [-0.4, -0.2) is 17.3 Å². The molecular weight excluding hydrogens is 272 g/mol. The second kappa shape index (κ2) is 6.48. The molecule has 20 heavy (non-hydrogen) atoms. The highest BCUT2D eigenvalue weighted by Gasteiger charge is 2.14. The summed E-state index contributed by atoms with van der Waals surface area (Å²) < 4.78 is 17.1. The van der Waals surface area contributed by atoms with Crippen LogP contribution < -0.4 is 0 Å². The average molecular weight is 288 g/mol. The minimum atomic E-state index is -1.18. The van der Waals surface area contributed by atoms with Crippen molar-refractivity contribution in [2.24, 2.45) is 0 Å². The summed E-state index contributed by atoms with van der Waals surface area (Å²) >= 11 is 0. The maximum atomic E-state index is 12.4. The van der Waals surface area contributed by atoms with Crippen LogP contribution in [0, 0.1) is 6.92 Å². The van der Waals surface area contributed by atoms with Crippen LogP contribution in [0.1, 0.15) is 21.5 Å². The van der Waals surface area contributed by atoms with Crippen molar-refractivity contribution in [2.75, 3.05) is 7.11 Å². The number of esters is 1. The molecule has 0 heterocycles. The second-order valence-corrected chi connectivity index (χ2v) is 5.91. The number of methoxy groups -OCH3 is 1. The monoisotopic (exact) mass is 288 g/mol. The molecule has 2 aromatic rings. The van der Waals surface area contributed by atoms with E-state index >= 15 is 0 Å². The van der Waals surface area contributed by atoms with Crippen molar-refractivity contribution < 1.29 is 13.7 Å². The molecule has 0 saturated carbocycles. The fourth-order valence-electron chi connectivity index (χ4n) is 1.94. The summed E-state index contributed by atoms with van der Waals surface area (Å²) in [7, 11) is 0.163. The van der Waals surface area contributed by atoms with Gasteiger partial charge in [-0.2, -0.15) is 0 Å². The molecule has 0 aliphatic carbocycles. The molecule has 3 nitrogen and oxygen atoms in total. The third kappa shape index (κ3) is 3.33. The Bertz CT molecular complexity index is 650. The lowest BCUT2D eigenvalue weighted by molar-refractivity contribution is 0.0600. The zero-order valence-corrected chi connectivity index (χ0v) is 12.3. The first-order chi connectivity index (χ1) is 9.61. The summed E-state index contributed by atoms with van der Waals surface area (Å²) in [4.78, 5) is 12.5. The highest BCUT2D eigenvalue weighted by molar-refractivity contribution is 7.84. The van der Waals surface area contributed by atoms with E-state index < -0.39 is 16.8 Å². The molecule has 0 bridgehead atoms. The normalized spacial score (nSPS) is 11.9. The van der Waals surface area contributed by atoms with Gasteiger partial charge in [-0.1, -0.05) is 30.3 Å². The van der Waals surface area contributed by atoms with E-state index in [9.17, 15) is 9.00 Å². The standard InChI is InChI=1S/C16H16O3S/c1-12-6-5-8-14(10-12)20(18)11-13-7-3-4-9-15(13)16(17)19-2/h3-10H,11H2,1-2H3. The van der Waals surface area contributed by atoms with Gasteiger partial charge in [0, 0.05) is 4.90 Å². The maximum Gasteiger partial charge on any atom is 0.338 e. The number of benzene rings is 2. The Balaban J connectivity index is 2.26. The van der Waals surface area contributed by atoms with Crippen molar-refractivity contribution in [3.05, 3.63) is 65.2 Å². The van der Waals surface area contributed by atoms with Crippen molar-refractivity contribution in [3.63, 3.8) is 0 Å². The van der Waals surface area contributed by atoms with Gasteiger partial charge in [0.15, 0.2) is 0 Å². The number of aryl methyl sites for hydroxylation is 1. The van der Waals surface area contributed by atoms with E-state index in [1.165, 1.54) is 7.11 Å². The molecule has 0 fully saturated rings. The number of carbonyl (C=O) groups is 1. The molecule has 104 valence electrons. The smallest absolute Gasteiger partial charge is 0.338 e. The third-order valence-electron chi connectivity index (χ3n) is 2.96. The Morgan fingerprint density at radius 1 is 1.15 bits per heavy atom. The summed E-state index contributed by atoms with van der Waals surface area (Å²) in [5, 5.41) is 0. The van der Waals surface area contributed by atoms with Gasteiger partial charge in [-0.25, -0.2) is 4.79 Å². The number of rotatable bonds is 4. The topological polar surface area (TPSA) is 43.4 Å². The molecule has 0 aliphatic rings. The minimum absolute atomic E-state index is 0.300. The number of hydrogen-bond donors (Lipinski definition) is 0. The highest BCUT2D eigenvalue weighted by Crippen LogP contribution is 2.17. The van der Waals surface area contributed by atoms with Gasteiger partial charge in [-0.15, -0.1) is 0 Å². The van der Waals surface area contributed by atoms with Crippen LogP contribution in [0.25, 0.3) is 0 Å². The van der Waals surface area contributed by atoms with E-state index in [-0.39, 0.29) is 0 Å². The minimum Gasteiger partial charge on any atom is -0.465 e. The predicted molar refractivity (Wildman–Crippen MR) is 79.1 cm³/mol. The zero-order valence-electron chi connectivity index (χ0n) is 11.5. The lowest BCUT2D eigenvalue weighted by Gasteiger charge is -2.08. The Kier molecular flexibility index (Phi) is 4.69. The van der Waals surface area contributed by atoms with Gasteiger partial charge in [0.2, 0.25) is 0 Å². The van der Waals surface area contributed by atoms with E-state index in [4.69, 9.17) is 4.74 Å². The number of ether oxygens (including phenoxy) is 1. The van der Waals surface area contributed by atoms with Crippen molar-refractivity contribution in [3.8, 4) is 0 Å². The third-order valence-corrected chi connectivity index (χ3v) is 4.31. The van der Waals surface area contributed by atoms with Crippen LogP contribution in [0.2, 0.25) is 0 Å². The van der Waals surface area contributed by atoms with Crippen LogP contribution in [0.4, 0.5) is 0 Å². The van der Waals surface area contributed by atoms with Gasteiger partial charge in [-0.05, 0) is 36.2 Å². The van der Waals surface area contributed by atoms with Crippen LogP contribution in [-0.2, 0) is 21.3 Å². The number of hydrogen-bond acceptors (Lipinski definition) is 3. The quantitative estimate of drug-likeness (QED) is 0.812. The van der Waals surface area contributed by atoms with E-state index in [2.05, 4.69) is 0 Å². The summed E-state index contributed by atoms with van der Waals surface area (Å²) in [5.74, 6) is -0.101. The molecule has 1 atom stereocenters. The van der Waals surface area contributed by atoms with E-state index in [1.807, 2.05) is 37.3 Å². The fraction of sp³-hybridized carbons (Fsp3) is 0.188. The molecule has 0 aliphatic heterocycles. The molecule has 0 saturated heterocycles. The van der Waals surface area contributed by atoms with Gasteiger partial charge in [-0.3, -0.25) is 4.21 Å². The van der Waals surface area contributed by atoms with E-state index in [0.717, 1.165) is 16.0 Å². The molecule has 4 heteroatoms. The molecular formula is C16H16O3S. The zero-order chi connectivity index (χ0) is 14.5. The first-order valence-electron chi connectivity index (χ1n) is 6.23. The summed E-state index contributed by atoms with van der Waals surface area (Å²) in [5.41, 5.74) is 2.27. The van der Waals surface area contributed by atoms with Crippen LogP contribution >= 0.6 is 0 Å². The second-order valence-electron chi connectivity index (χ2n) is 4.46. The van der Waals surface area contributed by atoms with Crippen molar-refractivity contribution in [1.29, 1.82) is 0 Å². The summed E-state index contributed by atoms with van der Waals surface area (Å²) in [6, 6.07) is 14.7. The van der Waals surface area contributed by atoms with E-state index in [0.29, 0.717) is 11.3 Å². The van der Waals surface area contributed by atoms with Crippen LogP contribution in [0.15, 0.2) is 53.4 Å². The molecule has 0 spiro atoms. The van der Waals surface area contributed by atoms with Gasteiger partial charge in [0.25, 0.3) is 0 Å². The molecule has 2 rings (SSSR count). The lowest BCUT2D eigenvalue weighted by Crippen LogP contribution is -2.07. The van der Waals surface area contributed by atoms with Crippen molar-refractivity contribution in [1.82, 2.24) is 0 Å². The Labute approximate surface area is 121 Å². The molecule has 0 radical (unpaired) electrons. The highest BCUT2D eigenvalue weighted by atomic mass is 32.2. The molecule has 0 amide bonds. The van der Waals surface area contributed by atoms with Gasteiger partial charge >= 0.3 is 5.97 Å². The van der Waals surface area contributed by atoms with Crippen LogP contribution in [0.3, 0.4) is 0 Å². The molecule has 2 aromatic carbocycles. The number of carbonyl (C=O) groups excluding carboxylic acids is 1. The fourth-order valence-corrected chi connectivity index (χ4v) is 3.19. The first kappa shape index (κ1) is 14.5. The predicted octanol–water partition coefficient (Wildman–Crippen LogP) is 3.09. The van der Waals surface area contributed by atoms with Gasteiger partial charge in [0.05, 0.1) is 29.2 Å². The van der Waals surface area contributed by atoms with Crippen molar-refractivity contribution >= 4 is 16.8 Å². The van der Waals surface area contributed by atoms with Crippen molar-refractivity contribution in [2.45, 2.75) is 17.6 Å². The largest absolute Gasteiger partial charge is 0.465 e. The molecule has 1 unspecified atom stereocenters. The SMILES string of the molecule is COC(=O)c1ccccc1CS(=O)c1cccc(C)c1. The average Bonchev–Trinajstić information content (AvgIpc) is 2.47. The summed E-state index contributed by atoms with van der Waals surface area (Å²) in [6.07, 6.45) is 0. The Morgan fingerprint density at radius 3 is 2.60 bits per heavy atom. The Hall–Kier alpha value is -1.94. The maximum absolute atomic E-state index is 12.4. The first-order valence-corrected chi connectivity index (χ1v) is 7.55. The molecule has 0 N–H and O–H groups in total. The Morgan fingerprint density at radius 2 is 1.90 bits per heavy atom. The van der Waals surface area contributed by atoms with Crippen LogP contribution in [0.5, 0.6) is 0 Å². The lowest BCUT2D eigenvalue weighted by atomic mass is 10.1. The van der Waals surface area contributed by atoms with Gasteiger partial charge in [0.1, 0.15) is 0 Å². The van der Waals surface area contributed by atoms with Gasteiger partial charge < -0.3 is 4.74 Å². The molecule has 0 aromatic heterocycles. The van der Waals surface area contributed by atoms with E-state index in [1.54, 1.807) is 18.2 Å². The summed E-state index contributed by atoms with van der Waals surface area (Å²) in [6.45, 7) is 1.96.